The van der Waals surface area contributed by atoms with Crippen molar-refractivity contribution in [3.05, 3.63) is 77.8 Å². The van der Waals surface area contributed by atoms with Crippen LogP contribution in [0.2, 0.25) is 0 Å². The van der Waals surface area contributed by atoms with Crippen molar-refractivity contribution >= 4 is 23.1 Å². The lowest BCUT2D eigenvalue weighted by molar-refractivity contribution is 0.102. The summed E-state index contributed by atoms with van der Waals surface area (Å²) in [6.07, 6.45) is 3.82. The SMILES string of the molecule is O=C(Nc1ccc(F)c(F)c1)c1cnc(N2CCc3ccccc32)cn1. The van der Waals surface area contributed by atoms with Crippen molar-refractivity contribution in [1.82, 2.24) is 9.97 Å². The molecule has 0 atom stereocenters. The number of carbonyl (C=O) groups is 1. The molecule has 1 aromatic heterocycles. The van der Waals surface area contributed by atoms with E-state index in [-0.39, 0.29) is 11.4 Å². The molecule has 4 rings (SSSR count). The third-order valence-corrected chi connectivity index (χ3v) is 4.21. The molecular weight excluding hydrogens is 338 g/mol. The molecule has 26 heavy (non-hydrogen) atoms. The fourth-order valence-electron chi connectivity index (χ4n) is 2.92. The molecule has 1 aliphatic heterocycles. The average molecular weight is 352 g/mol. The van der Waals surface area contributed by atoms with E-state index < -0.39 is 17.5 Å². The molecule has 0 saturated heterocycles. The van der Waals surface area contributed by atoms with E-state index in [9.17, 15) is 13.6 Å². The summed E-state index contributed by atoms with van der Waals surface area (Å²) in [5.74, 6) is -1.90. The Morgan fingerprint density at radius 1 is 1.04 bits per heavy atom. The zero-order chi connectivity index (χ0) is 18.1. The smallest absolute Gasteiger partial charge is 0.275 e. The van der Waals surface area contributed by atoms with Gasteiger partial charge in [0.25, 0.3) is 5.91 Å². The van der Waals surface area contributed by atoms with Crippen molar-refractivity contribution in [2.75, 3.05) is 16.8 Å². The van der Waals surface area contributed by atoms with Crippen LogP contribution in [0.4, 0.5) is 26.0 Å². The highest BCUT2D eigenvalue weighted by Gasteiger charge is 2.21. The minimum absolute atomic E-state index is 0.0889. The molecule has 5 nitrogen and oxygen atoms in total. The van der Waals surface area contributed by atoms with Crippen molar-refractivity contribution in [3.8, 4) is 0 Å². The second kappa shape index (κ2) is 6.51. The molecule has 2 heterocycles. The fraction of sp³-hybridized carbons (Fsp3) is 0.105. The van der Waals surface area contributed by atoms with Gasteiger partial charge in [-0.15, -0.1) is 0 Å². The van der Waals surface area contributed by atoms with Crippen LogP contribution in [0.1, 0.15) is 16.1 Å². The Morgan fingerprint density at radius 2 is 1.88 bits per heavy atom. The first-order chi connectivity index (χ1) is 12.6. The first kappa shape index (κ1) is 16.1. The van der Waals surface area contributed by atoms with Crippen molar-refractivity contribution in [1.29, 1.82) is 0 Å². The number of amides is 1. The number of rotatable bonds is 3. The lowest BCUT2D eigenvalue weighted by atomic mass is 10.2. The van der Waals surface area contributed by atoms with Crippen molar-refractivity contribution in [2.45, 2.75) is 6.42 Å². The van der Waals surface area contributed by atoms with Gasteiger partial charge in [0.2, 0.25) is 0 Å². The van der Waals surface area contributed by atoms with Crippen LogP contribution in [-0.4, -0.2) is 22.4 Å². The van der Waals surface area contributed by atoms with Gasteiger partial charge in [-0.3, -0.25) is 4.79 Å². The molecule has 0 radical (unpaired) electrons. The van der Waals surface area contributed by atoms with Gasteiger partial charge in [-0.1, -0.05) is 18.2 Å². The first-order valence-corrected chi connectivity index (χ1v) is 8.06. The zero-order valence-electron chi connectivity index (χ0n) is 13.6. The third kappa shape index (κ3) is 2.99. The second-order valence-corrected chi connectivity index (χ2v) is 5.87. The molecular formula is C19H14F2N4O. The van der Waals surface area contributed by atoms with Gasteiger partial charge in [-0.2, -0.15) is 0 Å². The van der Waals surface area contributed by atoms with E-state index in [0.717, 1.165) is 30.8 Å². The molecule has 3 aromatic rings. The van der Waals surface area contributed by atoms with E-state index in [1.807, 2.05) is 23.1 Å². The average Bonchev–Trinajstić information content (AvgIpc) is 3.09. The summed E-state index contributed by atoms with van der Waals surface area (Å²) in [5.41, 5.74) is 2.56. The highest BCUT2D eigenvalue weighted by Crippen LogP contribution is 2.32. The van der Waals surface area contributed by atoms with Gasteiger partial charge >= 0.3 is 0 Å². The van der Waals surface area contributed by atoms with Crippen LogP contribution >= 0.6 is 0 Å². The lowest BCUT2D eigenvalue weighted by Gasteiger charge is -2.17. The Bertz CT molecular complexity index is 976. The van der Waals surface area contributed by atoms with Gasteiger partial charge < -0.3 is 10.2 Å². The molecule has 2 aromatic carbocycles. The molecule has 130 valence electrons. The number of benzene rings is 2. The molecule has 0 unspecified atom stereocenters. The Labute approximate surface area is 148 Å². The second-order valence-electron chi connectivity index (χ2n) is 5.87. The van der Waals surface area contributed by atoms with E-state index in [4.69, 9.17) is 0 Å². The fourth-order valence-corrected chi connectivity index (χ4v) is 2.92. The Morgan fingerprint density at radius 3 is 2.65 bits per heavy atom. The van der Waals surface area contributed by atoms with Gasteiger partial charge in [0.1, 0.15) is 5.69 Å². The molecule has 1 N–H and O–H groups in total. The van der Waals surface area contributed by atoms with Crippen LogP contribution in [0, 0.1) is 11.6 Å². The normalized spacial score (nSPS) is 12.8. The van der Waals surface area contributed by atoms with E-state index >= 15 is 0 Å². The minimum atomic E-state index is -1.03. The standard InChI is InChI=1S/C19H14F2N4O/c20-14-6-5-13(9-15(14)21)24-19(26)16-10-23-18(11-22-16)25-8-7-12-3-1-2-4-17(12)25/h1-6,9-11H,7-8H2,(H,24,26). The lowest BCUT2D eigenvalue weighted by Crippen LogP contribution is -2.18. The van der Waals surface area contributed by atoms with Gasteiger partial charge in [-0.25, -0.2) is 18.7 Å². The van der Waals surface area contributed by atoms with Crippen LogP contribution in [0.15, 0.2) is 54.9 Å². The van der Waals surface area contributed by atoms with Gasteiger partial charge in [0.15, 0.2) is 17.5 Å². The maximum absolute atomic E-state index is 13.2. The summed E-state index contributed by atoms with van der Waals surface area (Å²) < 4.78 is 26.2. The van der Waals surface area contributed by atoms with Crippen LogP contribution in [0.25, 0.3) is 0 Å². The van der Waals surface area contributed by atoms with Gasteiger partial charge in [0, 0.05) is 24.0 Å². The van der Waals surface area contributed by atoms with E-state index in [0.29, 0.717) is 5.82 Å². The van der Waals surface area contributed by atoms with Crippen molar-refractivity contribution < 1.29 is 13.6 Å². The monoisotopic (exact) mass is 352 g/mol. The van der Waals surface area contributed by atoms with Crippen LogP contribution in [0.5, 0.6) is 0 Å². The summed E-state index contributed by atoms with van der Waals surface area (Å²) >= 11 is 0. The van der Waals surface area contributed by atoms with Crippen LogP contribution in [0.3, 0.4) is 0 Å². The van der Waals surface area contributed by atoms with Crippen LogP contribution < -0.4 is 10.2 Å². The topological polar surface area (TPSA) is 58.1 Å². The largest absolute Gasteiger partial charge is 0.325 e. The number of anilines is 3. The maximum atomic E-state index is 13.2. The Hall–Kier alpha value is -3.35. The number of nitrogens with one attached hydrogen (secondary N) is 1. The number of carbonyl (C=O) groups excluding carboxylic acids is 1. The Balaban J connectivity index is 1.51. The first-order valence-electron chi connectivity index (χ1n) is 8.06. The number of para-hydroxylation sites is 1. The summed E-state index contributed by atoms with van der Waals surface area (Å²) in [6.45, 7) is 0.800. The molecule has 0 fully saturated rings. The predicted molar refractivity (Wildman–Crippen MR) is 93.5 cm³/mol. The zero-order valence-corrected chi connectivity index (χ0v) is 13.6. The molecule has 7 heteroatoms. The Kier molecular flexibility index (Phi) is 4.04. The summed E-state index contributed by atoms with van der Waals surface area (Å²) in [5, 5.41) is 2.47. The molecule has 0 bridgehead atoms. The molecule has 0 saturated carbocycles. The maximum Gasteiger partial charge on any atom is 0.275 e. The highest BCUT2D eigenvalue weighted by molar-refractivity contribution is 6.02. The highest BCUT2D eigenvalue weighted by atomic mass is 19.2. The quantitative estimate of drug-likeness (QED) is 0.781. The molecule has 1 amide bonds. The number of hydrogen-bond donors (Lipinski definition) is 1. The van der Waals surface area contributed by atoms with Crippen molar-refractivity contribution in [3.63, 3.8) is 0 Å². The third-order valence-electron chi connectivity index (χ3n) is 4.21. The number of hydrogen-bond acceptors (Lipinski definition) is 4. The van der Waals surface area contributed by atoms with Crippen LogP contribution in [-0.2, 0) is 6.42 Å². The summed E-state index contributed by atoms with van der Waals surface area (Å²) in [4.78, 5) is 22.7. The van der Waals surface area contributed by atoms with Gasteiger partial charge in [-0.05, 0) is 30.2 Å². The van der Waals surface area contributed by atoms with E-state index in [1.54, 1.807) is 0 Å². The molecule has 0 spiro atoms. The number of nitrogens with zero attached hydrogens (tertiary/aromatic N) is 3. The number of halogens is 2. The van der Waals surface area contributed by atoms with E-state index in [2.05, 4.69) is 21.4 Å². The van der Waals surface area contributed by atoms with Crippen molar-refractivity contribution in [2.24, 2.45) is 0 Å². The molecule has 0 aliphatic carbocycles. The minimum Gasteiger partial charge on any atom is -0.325 e. The number of aromatic nitrogens is 2. The van der Waals surface area contributed by atoms with E-state index in [1.165, 1.54) is 24.0 Å². The van der Waals surface area contributed by atoms with Gasteiger partial charge in [0.05, 0.1) is 12.4 Å². The summed E-state index contributed by atoms with van der Waals surface area (Å²) in [6, 6.07) is 11.2. The summed E-state index contributed by atoms with van der Waals surface area (Å²) in [7, 11) is 0. The number of fused-ring (bicyclic) bond motifs is 1. The predicted octanol–water partition coefficient (Wildman–Crippen LogP) is 3.70. The molecule has 1 aliphatic rings.